The maximum atomic E-state index is 12.9. The molecule has 0 aliphatic carbocycles. The fourth-order valence-corrected chi connectivity index (χ4v) is 3.87. The number of amides is 1. The summed E-state index contributed by atoms with van der Waals surface area (Å²) in [5, 5.41) is 3.37. The fourth-order valence-electron chi connectivity index (χ4n) is 2.98. The molecule has 5 nitrogen and oxygen atoms in total. The first-order valence-electron chi connectivity index (χ1n) is 8.27. The van der Waals surface area contributed by atoms with Crippen LogP contribution >= 0.6 is 11.3 Å². The second-order valence-corrected chi connectivity index (χ2v) is 7.42. The minimum atomic E-state index is -0.450. The average Bonchev–Trinajstić information content (AvgIpc) is 2.98. The highest BCUT2D eigenvalue weighted by Gasteiger charge is 2.22. The van der Waals surface area contributed by atoms with Crippen LogP contribution in [0.25, 0.3) is 6.08 Å². The second kappa shape index (κ2) is 7.84. The number of rotatable bonds is 4. The Hall–Kier alpha value is -2.12. The van der Waals surface area contributed by atoms with E-state index >= 15 is 0 Å². The standard InChI is InChI=1S/C18H21FN4OS/c1-12-7-14(8-15-3-4-17(19)20-9-15)5-6-23(12)11-16-10-21-18(25-16)22-13(2)24/h3-4,8-10,12H,5-7,11H2,1-2H3,(H,21,22,24)/b14-8-. The first-order chi connectivity index (χ1) is 12.0. The molecule has 1 aliphatic rings. The first-order valence-corrected chi connectivity index (χ1v) is 9.08. The van der Waals surface area contributed by atoms with Gasteiger partial charge in [0.05, 0.1) is 0 Å². The number of aromatic nitrogens is 2. The molecule has 1 atom stereocenters. The molecule has 1 N–H and O–H groups in total. The van der Waals surface area contributed by atoms with E-state index in [0.717, 1.165) is 36.4 Å². The highest BCUT2D eigenvalue weighted by Crippen LogP contribution is 2.27. The third-order valence-electron chi connectivity index (χ3n) is 4.22. The number of carbonyl (C=O) groups is 1. The summed E-state index contributed by atoms with van der Waals surface area (Å²) in [7, 11) is 0. The molecule has 7 heteroatoms. The second-order valence-electron chi connectivity index (χ2n) is 6.30. The molecule has 1 saturated heterocycles. The van der Waals surface area contributed by atoms with Crippen molar-refractivity contribution in [3.8, 4) is 0 Å². The maximum Gasteiger partial charge on any atom is 0.223 e. The smallest absolute Gasteiger partial charge is 0.223 e. The number of likely N-dealkylation sites (tertiary alicyclic amines) is 1. The first kappa shape index (κ1) is 17.7. The Bertz CT molecular complexity index is 772. The Morgan fingerprint density at radius 2 is 2.28 bits per heavy atom. The van der Waals surface area contributed by atoms with Crippen LogP contribution in [0.2, 0.25) is 0 Å². The number of carbonyl (C=O) groups excluding carboxylic acids is 1. The molecule has 2 aromatic rings. The van der Waals surface area contributed by atoms with E-state index in [1.54, 1.807) is 12.3 Å². The number of nitrogens with one attached hydrogen (secondary N) is 1. The Morgan fingerprint density at radius 3 is 2.96 bits per heavy atom. The van der Waals surface area contributed by atoms with Crippen molar-refractivity contribution < 1.29 is 9.18 Å². The number of hydrogen-bond acceptors (Lipinski definition) is 5. The molecule has 1 aliphatic heterocycles. The van der Waals surface area contributed by atoms with Gasteiger partial charge in [0, 0.05) is 43.3 Å². The molecule has 0 aromatic carbocycles. The van der Waals surface area contributed by atoms with Gasteiger partial charge in [0.2, 0.25) is 11.9 Å². The van der Waals surface area contributed by atoms with Crippen LogP contribution in [0.15, 0.2) is 30.1 Å². The van der Waals surface area contributed by atoms with Crippen LogP contribution < -0.4 is 5.32 Å². The van der Waals surface area contributed by atoms with E-state index < -0.39 is 5.95 Å². The molecule has 2 aromatic heterocycles. The molecule has 0 radical (unpaired) electrons. The van der Waals surface area contributed by atoms with Crippen LogP contribution in [-0.2, 0) is 11.3 Å². The minimum Gasteiger partial charge on any atom is -0.302 e. The third-order valence-corrected chi connectivity index (χ3v) is 5.12. The zero-order chi connectivity index (χ0) is 17.8. The van der Waals surface area contributed by atoms with Gasteiger partial charge in [-0.05, 0) is 37.5 Å². The van der Waals surface area contributed by atoms with Crippen LogP contribution in [0.4, 0.5) is 9.52 Å². The molecule has 3 heterocycles. The summed E-state index contributed by atoms with van der Waals surface area (Å²) in [6, 6.07) is 3.56. The van der Waals surface area contributed by atoms with Gasteiger partial charge in [0.15, 0.2) is 5.13 Å². The van der Waals surface area contributed by atoms with Crippen molar-refractivity contribution >= 4 is 28.5 Å². The number of halogens is 1. The van der Waals surface area contributed by atoms with Gasteiger partial charge in [-0.15, -0.1) is 11.3 Å². The molecule has 1 unspecified atom stereocenters. The quantitative estimate of drug-likeness (QED) is 0.845. The normalized spacial score (nSPS) is 20.0. The lowest BCUT2D eigenvalue weighted by atomic mass is 9.96. The van der Waals surface area contributed by atoms with E-state index in [0.29, 0.717) is 11.2 Å². The molecule has 3 rings (SSSR count). The van der Waals surface area contributed by atoms with Crippen LogP contribution in [-0.4, -0.2) is 33.4 Å². The summed E-state index contributed by atoms with van der Waals surface area (Å²) >= 11 is 1.52. The molecule has 1 fully saturated rings. The molecular formula is C18H21FN4OS. The van der Waals surface area contributed by atoms with Gasteiger partial charge >= 0.3 is 0 Å². The molecule has 0 spiro atoms. The largest absolute Gasteiger partial charge is 0.302 e. The van der Waals surface area contributed by atoms with E-state index in [-0.39, 0.29) is 5.91 Å². The third kappa shape index (κ3) is 4.93. The molecule has 1 amide bonds. The SMILES string of the molecule is CC(=O)Nc1ncc(CN2CC/C(=C/c3ccc(F)nc3)CC2C)s1. The number of nitrogens with zero attached hydrogens (tertiary/aromatic N) is 3. The van der Waals surface area contributed by atoms with Gasteiger partial charge < -0.3 is 5.32 Å². The summed E-state index contributed by atoms with van der Waals surface area (Å²) in [6.07, 6.45) is 7.48. The van der Waals surface area contributed by atoms with E-state index in [1.807, 2.05) is 6.20 Å². The number of pyridine rings is 1. The van der Waals surface area contributed by atoms with Crippen LogP contribution in [0.1, 0.15) is 37.1 Å². The Morgan fingerprint density at radius 1 is 1.44 bits per heavy atom. The fraction of sp³-hybridized carbons (Fsp3) is 0.389. The van der Waals surface area contributed by atoms with Gasteiger partial charge in [-0.1, -0.05) is 11.6 Å². The number of anilines is 1. The zero-order valence-electron chi connectivity index (χ0n) is 14.3. The lowest BCUT2D eigenvalue weighted by Crippen LogP contribution is -2.37. The van der Waals surface area contributed by atoms with Crippen molar-refractivity contribution in [3.63, 3.8) is 0 Å². The van der Waals surface area contributed by atoms with Gasteiger partial charge in [-0.3, -0.25) is 9.69 Å². The molecular weight excluding hydrogens is 339 g/mol. The molecule has 25 heavy (non-hydrogen) atoms. The topological polar surface area (TPSA) is 58.1 Å². The van der Waals surface area contributed by atoms with Crippen LogP contribution in [0, 0.1) is 5.95 Å². The predicted octanol–water partition coefficient (Wildman–Crippen LogP) is 3.70. The van der Waals surface area contributed by atoms with Gasteiger partial charge in [0.25, 0.3) is 0 Å². The lowest BCUT2D eigenvalue weighted by Gasteiger charge is -2.34. The highest BCUT2D eigenvalue weighted by atomic mass is 32.1. The van der Waals surface area contributed by atoms with Crippen molar-refractivity contribution in [1.82, 2.24) is 14.9 Å². The summed E-state index contributed by atoms with van der Waals surface area (Å²) in [6.45, 7) is 5.50. The summed E-state index contributed by atoms with van der Waals surface area (Å²) in [5.41, 5.74) is 2.31. The van der Waals surface area contributed by atoms with Crippen LogP contribution in [0.5, 0.6) is 0 Å². The summed E-state index contributed by atoms with van der Waals surface area (Å²) < 4.78 is 12.9. The molecule has 0 saturated carbocycles. The van der Waals surface area contributed by atoms with Crippen molar-refractivity contribution in [2.75, 3.05) is 11.9 Å². The Labute approximate surface area is 150 Å². The van der Waals surface area contributed by atoms with E-state index in [2.05, 4.69) is 33.2 Å². The van der Waals surface area contributed by atoms with Gasteiger partial charge in [-0.2, -0.15) is 4.39 Å². The maximum absolute atomic E-state index is 12.9. The number of piperidine rings is 1. The van der Waals surface area contributed by atoms with Crippen molar-refractivity contribution in [3.05, 3.63) is 46.5 Å². The average molecular weight is 360 g/mol. The number of thiazole rings is 1. The van der Waals surface area contributed by atoms with E-state index in [1.165, 1.54) is 29.9 Å². The molecule has 0 bridgehead atoms. The monoisotopic (exact) mass is 360 g/mol. The number of hydrogen-bond donors (Lipinski definition) is 1. The summed E-state index contributed by atoms with van der Waals surface area (Å²) in [5.74, 6) is -0.550. The Kier molecular flexibility index (Phi) is 5.55. The van der Waals surface area contributed by atoms with Gasteiger partial charge in [0.1, 0.15) is 0 Å². The van der Waals surface area contributed by atoms with Crippen molar-refractivity contribution in [1.29, 1.82) is 0 Å². The predicted molar refractivity (Wildman–Crippen MR) is 97.7 cm³/mol. The van der Waals surface area contributed by atoms with Gasteiger partial charge in [-0.25, -0.2) is 9.97 Å². The highest BCUT2D eigenvalue weighted by molar-refractivity contribution is 7.15. The Balaban J connectivity index is 1.59. The lowest BCUT2D eigenvalue weighted by molar-refractivity contribution is -0.114. The summed E-state index contributed by atoms with van der Waals surface area (Å²) in [4.78, 5) is 22.6. The van der Waals surface area contributed by atoms with Crippen molar-refractivity contribution in [2.24, 2.45) is 0 Å². The van der Waals surface area contributed by atoms with Crippen LogP contribution in [0.3, 0.4) is 0 Å². The van der Waals surface area contributed by atoms with E-state index in [9.17, 15) is 9.18 Å². The van der Waals surface area contributed by atoms with E-state index in [4.69, 9.17) is 0 Å². The molecule has 132 valence electrons. The zero-order valence-corrected chi connectivity index (χ0v) is 15.1. The minimum absolute atomic E-state index is 0.0997. The van der Waals surface area contributed by atoms with Crippen molar-refractivity contribution in [2.45, 2.75) is 39.3 Å².